The van der Waals surface area contributed by atoms with Crippen molar-refractivity contribution in [1.29, 1.82) is 0 Å². The summed E-state index contributed by atoms with van der Waals surface area (Å²) in [6.07, 6.45) is 52.2. The molecule has 0 aromatic carbocycles. The van der Waals surface area contributed by atoms with Crippen LogP contribution in [0.4, 0.5) is 0 Å². The molecule has 3 aliphatic carbocycles. The molecule has 0 bridgehead atoms. The Balaban J connectivity index is -0.00000316. The fourth-order valence-electron chi connectivity index (χ4n) is 6.41. The summed E-state index contributed by atoms with van der Waals surface area (Å²) in [7, 11) is 0. The Labute approximate surface area is 361 Å². The molecule has 2 unspecified atom stereocenters. The Morgan fingerprint density at radius 3 is 2.19 bits per heavy atom. The van der Waals surface area contributed by atoms with Crippen molar-refractivity contribution in [2.45, 2.75) is 130 Å². The van der Waals surface area contributed by atoms with E-state index in [0.717, 1.165) is 43.3 Å². The van der Waals surface area contributed by atoms with E-state index in [4.69, 9.17) is 0 Å². The van der Waals surface area contributed by atoms with Crippen LogP contribution in [0.5, 0.6) is 0 Å². The zero-order valence-electron chi connectivity index (χ0n) is 38.4. The lowest BCUT2D eigenvalue weighted by atomic mass is 9.73. The molecule has 0 saturated carbocycles. The Morgan fingerprint density at radius 1 is 0.914 bits per heavy atom. The number of terminal acetylenes is 1. The molecular formula is C58H82. The molecule has 58 heavy (non-hydrogen) atoms. The lowest BCUT2D eigenvalue weighted by Crippen LogP contribution is -2.18. The van der Waals surface area contributed by atoms with Crippen LogP contribution >= 0.6 is 0 Å². The minimum Gasteiger partial charge on any atom is -0.124 e. The van der Waals surface area contributed by atoms with Crippen LogP contribution in [0.1, 0.15) is 130 Å². The van der Waals surface area contributed by atoms with Gasteiger partial charge < -0.3 is 0 Å². The molecular weight excluding hydrogens is 697 g/mol. The highest BCUT2D eigenvalue weighted by atomic mass is 14.3. The van der Waals surface area contributed by atoms with E-state index in [0.29, 0.717) is 17.8 Å². The summed E-state index contributed by atoms with van der Waals surface area (Å²) < 4.78 is 0. The maximum absolute atomic E-state index is 4.35. The van der Waals surface area contributed by atoms with E-state index in [-0.39, 0.29) is 7.43 Å². The van der Waals surface area contributed by atoms with Crippen LogP contribution in [0.15, 0.2) is 190 Å². The van der Waals surface area contributed by atoms with Gasteiger partial charge in [0, 0.05) is 6.42 Å². The van der Waals surface area contributed by atoms with Crippen molar-refractivity contribution in [2.75, 3.05) is 0 Å². The quantitative estimate of drug-likeness (QED) is 0.115. The van der Waals surface area contributed by atoms with Gasteiger partial charge in [-0.1, -0.05) is 221 Å². The molecule has 0 radical (unpaired) electrons. The van der Waals surface area contributed by atoms with E-state index in [1.165, 1.54) is 50.2 Å². The predicted molar refractivity (Wildman–Crippen MR) is 269 cm³/mol. The third kappa shape index (κ3) is 19.9. The number of rotatable bonds is 15. The largest absolute Gasteiger partial charge is 0.124 e. The molecule has 3 atom stereocenters. The van der Waals surface area contributed by atoms with Crippen LogP contribution < -0.4 is 0 Å². The van der Waals surface area contributed by atoms with Gasteiger partial charge in [0.15, 0.2) is 0 Å². The van der Waals surface area contributed by atoms with Crippen LogP contribution in [0.2, 0.25) is 0 Å². The lowest BCUT2D eigenvalue weighted by Gasteiger charge is -2.31. The second kappa shape index (κ2) is 35.1. The zero-order valence-corrected chi connectivity index (χ0v) is 38.4. The van der Waals surface area contributed by atoms with Crippen molar-refractivity contribution in [3.8, 4) is 24.7 Å². The molecule has 0 amide bonds. The van der Waals surface area contributed by atoms with Gasteiger partial charge in [-0.3, -0.25) is 0 Å². The van der Waals surface area contributed by atoms with Gasteiger partial charge in [-0.15, -0.1) is 12.8 Å². The van der Waals surface area contributed by atoms with Crippen molar-refractivity contribution < 1.29 is 0 Å². The van der Waals surface area contributed by atoms with E-state index in [9.17, 15) is 0 Å². The number of hydrogen-bond donors (Lipinski definition) is 0. The first-order chi connectivity index (χ1) is 27.6. The number of hydrogen-bond acceptors (Lipinski definition) is 0. The molecule has 0 heteroatoms. The van der Waals surface area contributed by atoms with Gasteiger partial charge in [0.1, 0.15) is 0 Å². The highest BCUT2D eigenvalue weighted by Gasteiger charge is 2.28. The van der Waals surface area contributed by atoms with Crippen LogP contribution in [0.25, 0.3) is 0 Å². The molecule has 0 nitrogen and oxygen atoms in total. The van der Waals surface area contributed by atoms with Gasteiger partial charge in [0.05, 0.1) is 0 Å². The first kappa shape index (κ1) is 57.3. The summed E-state index contributed by atoms with van der Waals surface area (Å²) in [4.78, 5) is 0. The molecule has 0 aliphatic heterocycles. The van der Waals surface area contributed by atoms with Gasteiger partial charge in [0.25, 0.3) is 0 Å². The Hall–Kier alpha value is -5.04. The standard InChI is InChI=1S/C49H58.3C2H6.C2H2.CH4/c1-11-14-24-43(36(4)5)34-40(9)49(46(39(8)13-3)29-21-23-38(7)31-30-37(6)22-12-2)48-28-20-16-19-27-47(48)41(10)44-33-32-42-25-17-15-18-26-45(42)35-44;4*1-2;/h11-12,14,16,18,20-22,24,26-34,39,41,44H,1-2,7,13,19,23,25,35H2,3-6,8-10H3;3*1-2H3;1-2H;1H4/b24-14-,29-21-,31-30-,37-22+,40-34+,49-46-;;;;;/t39-,41?,44?;;;;;/m1...../s1. The molecule has 0 aromatic rings. The van der Waals surface area contributed by atoms with E-state index in [1.807, 2.05) is 71.9 Å². The maximum atomic E-state index is 4.35. The summed E-state index contributed by atoms with van der Waals surface area (Å²) in [6, 6.07) is 0. The van der Waals surface area contributed by atoms with Crippen LogP contribution in [0.3, 0.4) is 0 Å². The molecule has 0 fully saturated rings. The molecule has 0 heterocycles. The van der Waals surface area contributed by atoms with Crippen molar-refractivity contribution in [3.63, 3.8) is 0 Å². The first-order valence-corrected chi connectivity index (χ1v) is 21.3. The van der Waals surface area contributed by atoms with Gasteiger partial charge in [-0.25, -0.2) is 0 Å². The minimum absolute atomic E-state index is 0. The monoisotopic (exact) mass is 779 g/mol. The molecule has 0 N–H and O–H groups in total. The Bertz CT molecular complexity index is 1770. The molecule has 0 saturated heterocycles. The first-order valence-electron chi connectivity index (χ1n) is 21.3. The highest BCUT2D eigenvalue weighted by Crippen LogP contribution is 2.42. The van der Waals surface area contributed by atoms with Crippen LogP contribution in [0, 0.1) is 42.4 Å². The summed E-state index contributed by atoms with van der Waals surface area (Å²) >= 11 is 0. The third-order valence-electron chi connectivity index (χ3n) is 9.58. The summed E-state index contributed by atoms with van der Waals surface area (Å²) in [5, 5.41) is 0. The van der Waals surface area contributed by atoms with Crippen molar-refractivity contribution in [3.05, 3.63) is 190 Å². The average Bonchev–Trinajstić information content (AvgIpc) is 3.64. The summed E-state index contributed by atoms with van der Waals surface area (Å²) in [5.74, 6) is 7.55. The van der Waals surface area contributed by atoms with Gasteiger partial charge in [-0.2, -0.15) is 0 Å². The summed E-state index contributed by atoms with van der Waals surface area (Å²) in [5.41, 5.74) is 14.2. The van der Waals surface area contributed by atoms with Gasteiger partial charge in [0.2, 0.25) is 0 Å². The highest BCUT2D eigenvalue weighted by molar-refractivity contribution is 5.64. The van der Waals surface area contributed by atoms with E-state index < -0.39 is 0 Å². The SMILES string of the molecule is C.C#C.C=C/C=C\C(/C=C(C)/C(C1=CC=CCC=C1C(C)C1C=CC2=C(C=CC#CC2)C1)=C(\C=C/CC(=C)/C=C\C(C)=C\C=C)[C@H](C)CC)=C(C)C.CC.CC.CC. The number of allylic oxidation sites excluding steroid dienone is 29. The van der Waals surface area contributed by atoms with Crippen molar-refractivity contribution in [2.24, 2.45) is 17.8 Å². The normalized spacial score (nSPS) is 17.1. The average molecular weight is 779 g/mol. The summed E-state index contributed by atoms with van der Waals surface area (Å²) in [6.45, 7) is 39.9. The zero-order chi connectivity index (χ0) is 43.8. The smallest absolute Gasteiger partial charge is 0.0346 e. The van der Waals surface area contributed by atoms with E-state index in [2.05, 4.69) is 172 Å². The van der Waals surface area contributed by atoms with Crippen molar-refractivity contribution in [1.82, 2.24) is 0 Å². The van der Waals surface area contributed by atoms with Gasteiger partial charge in [-0.05, 0) is 122 Å². The fourth-order valence-corrected chi connectivity index (χ4v) is 6.41. The topological polar surface area (TPSA) is 0 Å². The predicted octanol–water partition coefficient (Wildman–Crippen LogP) is 17.8. The molecule has 314 valence electrons. The maximum Gasteiger partial charge on any atom is 0.0346 e. The third-order valence-corrected chi connectivity index (χ3v) is 9.58. The van der Waals surface area contributed by atoms with Gasteiger partial charge >= 0.3 is 0 Å². The molecule has 3 aliphatic rings. The van der Waals surface area contributed by atoms with E-state index >= 15 is 0 Å². The Morgan fingerprint density at radius 2 is 1.59 bits per heavy atom. The molecule has 0 aromatic heterocycles. The van der Waals surface area contributed by atoms with E-state index in [1.54, 1.807) is 0 Å². The van der Waals surface area contributed by atoms with Crippen LogP contribution in [-0.4, -0.2) is 0 Å². The fraction of sp³-hybridized carbons (Fsp3) is 0.379. The lowest BCUT2D eigenvalue weighted by molar-refractivity contribution is 0.485. The second-order valence-electron chi connectivity index (χ2n) is 13.6. The molecule has 0 spiro atoms. The minimum atomic E-state index is 0. The van der Waals surface area contributed by atoms with Crippen molar-refractivity contribution >= 4 is 0 Å². The molecule has 3 rings (SSSR count). The van der Waals surface area contributed by atoms with Crippen LogP contribution in [-0.2, 0) is 0 Å². The second-order valence-corrected chi connectivity index (χ2v) is 13.6. The Kier molecular flexibility index (Phi) is 34.7.